The Morgan fingerprint density at radius 3 is 2.63 bits per heavy atom. The molecule has 0 saturated carbocycles. The molecule has 0 fully saturated rings. The molecule has 0 N–H and O–H groups in total. The molecule has 35 heavy (non-hydrogen) atoms. The van der Waals surface area contributed by atoms with E-state index in [9.17, 15) is 0 Å². The van der Waals surface area contributed by atoms with Gasteiger partial charge in [-0.15, -0.1) is 12.6 Å². The van der Waals surface area contributed by atoms with Crippen molar-refractivity contribution in [3.05, 3.63) is 82.6 Å². The number of benzene rings is 3. The number of hydrogen-bond acceptors (Lipinski definition) is 3. The molecule has 1 aliphatic heterocycles. The van der Waals surface area contributed by atoms with Crippen LogP contribution in [0.4, 0.5) is 0 Å². The number of fused-ring (bicyclic) bond motifs is 4. The van der Waals surface area contributed by atoms with Crippen molar-refractivity contribution >= 4 is 45.7 Å². The molecule has 0 unspecified atom stereocenters. The Kier molecular flexibility index (Phi) is 6.17. The van der Waals surface area contributed by atoms with Gasteiger partial charge in [-0.05, 0) is 70.9 Å². The molecule has 0 atom stereocenters. The van der Waals surface area contributed by atoms with E-state index in [2.05, 4.69) is 96.1 Å². The average molecular weight is 482 g/mol. The summed E-state index contributed by atoms with van der Waals surface area (Å²) in [6, 6.07) is 17.5. The highest BCUT2D eigenvalue weighted by molar-refractivity contribution is 7.80. The zero-order valence-corrected chi connectivity index (χ0v) is 22.6. The van der Waals surface area contributed by atoms with Crippen molar-refractivity contribution < 1.29 is 4.42 Å². The summed E-state index contributed by atoms with van der Waals surface area (Å²) in [5, 5.41) is 3.71. The van der Waals surface area contributed by atoms with Crippen LogP contribution in [0.25, 0.3) is 27.3 Å². The lowest BCUT2D eigenvalue weighted by atomic mass is 9.81. The molecule has 0 aliphatic carbocycles. The Morgan fingerprint density at radius 1 is 1.11 bits per heavy atom. The van der Waals surface area contributed by atoms with Gasteiger partial charge >= 0.3 is 0 Å². The number of aliphatic imine (C=N–C) groups is 1. The summed E-state index contributed by atoms with van der Waals surface area (Å²) in [5.74, 6) is 1.64. The van der Waals surface area contributed by atoms with Gasteiger partial charge in [0.15, 0.2) is 0 Å². The Balaban J connectivity index is 1.78. The summed E-state index contributed by atoms with van der Waals surface area (Å²) in [6.45, 7) is 14.3. The fraction of sp³-hybridized carbons (Fsp3) is 0.344. The third-order valence-electron chi connectivity index (χ3n) is 6.99. The Bertz CT molecular complexity index is 1490. The van der Waals surface area contributed by atoms with Crippen molar-refractivity contribution in [3.63, 3.8) is 0 Å². The van der Waals surface area contributed by atoms with Crippen molar-refractivity contribution in [2.24, 2.45) is 10.9 Å². The third-order valence-corrected chi connectivity index (χ3v) is 7.36. The maximum atomic E-state index is 6.46. The molecular formula is C32H35NOS. The van der Waals surface area contributed by atoms with Crippen LogP contribution in [0.3, 0.4) is 0 Å². The molecule has 0 spiro atoms. The second kappa shape index (κ2) is 9.02. The van der Waals surface area contributed by atoms with Gasteiger partial charge in [-0.25, -0.2) is 0 Å². The third kappa shape index (κ3) is 4.36. The number of thiol groups is 1. The number of hydrogen-bond donors (Lipinski definition) is 1. The van der Waals surface area contributed by atoms with E-state index < -0.39 is 0 Å². The quantitative estimate of drug-likeness (QED) is 0.289. The Morgan fingerprint density at radius 2 is 1.89 bits per heavy atom. The summed E-state index contributed by atoms with van der Waals surface area (Å²) < 4.78 is 6.46. The topological polar surface area (TPSA) is 25.5 Å². The minimum Gasteiger partial charge on any atom is -0.460 e. The monoisotopic (exact) mass is 481 g/mol. The standard InChI is InChI=1S/C32H35NOS/c1-19(2)11-12-20(3)28-27(35)14-13-25-29(28)30-26(34-25)15-16-33-31(30)22-17-21-9-7-8-10-23(21)24(18-22)32(4,5)6/h7-10,12-14,17-19,35H,11,15-16H2,1-6H3/b20-12+. The smallest absolute Gasteiger partial charge is 0.135 e. The molecule has 1 aliphatic rings. The second-order valence-corrected chi connectivity index (χ2v) is 11.7. The Hall–Kier alpha value is -2.78. The van der Waals surface area contributed by atoms with Crippen LogP contribution in [-0.4, -0.2) is 12.3 Å². The first-order valence-corrected chi connectivity index (χ1v) is 13.1. The predicted octanol–water partition coefficient (Wildman–Crippen LogP) is 9.02. The molecule has 180 valence electrons. The van der Waals surface area contributed by atoms with Crippen molar-refractivity contribution in [3.8, 4) is 0 Å². The van der Waals surface area contributed by atoms with Gasteiger partial charge in [-0.3, -0.25) is 4.99 Å². The SMILES string of the molecule is C/C(=C\CC(C)C)c1c(S)ccc2oc3c(c12)C(c1cc(C(C)(C)C)c2ccccc2c1)=NCC3. The van der Waals surface area contributed by atoms with E-state index >= 15 is 0 Å². The van der Waals surface area contributed by atoms with Gasteiger partial charge in [0.25, 0.3) is 0 Å². The predicted molar refractivity (Wildman–Crippen MR) is 153 cm³/mol. The lowest BCUT2D eigenvalue weighted by molar-refractivity contribution is 0.546. The zero-order valence-electron chi connectivity index (χ0n) is 21.7. The van der Waals surface area contributed by atoms with Crippen molar-refractivity contribution in [1.82, 2.24) is 0 Å². The van der Waals surface area contributed by atoms with Crippen LogP contribution in [0, 0.1) is 5.92 Å². The van der Waals surface area contributed by atoms with Crippen LogP contribution in [0.2, 0.25) is 0 Å². The molecule has 0 radical (unpaired) electrons. The van der Waals surface area contributed by atoms with E-state index in [4.69, 9.17) is 22.0 Å². The van der Waals surface area contributed by atoms with Crippen LogP contribution >= 0.6 is 12.6 Å². The zero-order chi connectivity index (χ0) is 24.9. The highest BCUT2D eigenvalue weighted by Gasteiger charge is 2.28. The molecular weight excluding hydrogens is 446 g/mol. The maximum absolute atomic E-state index is 6.46. The minimum atomic E-state index is 0.0196. The summed E-state index contributed by atoms with van der Waals surface area (Å²) in [4.78, 5) is 6.09. The first-order chi connectivity index (χ1) is 16.6. The van der Waals surface area contributed by atoms with Gasteiger partial charge in [0.1, 0.15) is 11.3 Å². The number of nitrogens with zero attached hydrogens (tertiary/aromatic N) is 1. The van der Waals surface area contributed by atoms with Crippen molar-refractivity contribution in [2.75, 3.05) is 6.54 Å². The molecule has 2 heterocycles. The largest absolute Gasteiger partial charge is 0.460 e. The van der Waals surface area contributed by atoms with Gasteiger partial charge in [-0.2, -0.15) is 0 Å². The average Bonchev–Trinajstić information content (AvgIpc) is 3.20. The molecule has 1 aromatic heterocycles. The summed E-state index contributed by atoms with van der Waals surface area (Å²) in [5.41, 5.74) is 8.05. The van der Waals surface area contributed by atoms with Crippen molar-refractivity contribution in [2.45, 2.75) is 64.7 Å². The summed E-state index contributed by atoms with van der Waals surface area (Å²) in [7, 11) is 0. The van der Waals surface area contributed by atoms with E-state index in [0.717, 1.165) is 57.8 Å². The molecule has 0 saturated heterocycles. The van der Waals surface area contributed by atoms with Crippen LogP contribution in [0.15, 0.2) is 68.9 Å². The number of furan rings is 1. The second-order valence-electron chi connectivity index (χ2n) is 11.2. The minimum absolute atomic E-state index is 0.0196. The molecule has 5 rings (SSSR count). The molecule has 3 heteroatoms. The van der Waals surface area contributed by atoms with Gasteiger partial charge in [0, 0.05) is 34.4 Å². The van der Waals surface area contributed by atoms with Gasteiger partial charge < -0.3 is 4.42 Å². The normalized spacial score (nSPS) is 14.6. The van der Waals surface area contributed by atoms with Crippen LogP contribution in [0.5, 0.6) is 0 Å². The van der Waals surface area contributed by atoms with Crippen molar-refractivity contribution in [1.29, 1.82) is 0 Å². The van der Waals surface area contributed by atoms with E-state index in [1.54, 1.807) is 0 Å². The molecule has 0 amide bonds. The summed E-state index contributed by atoms with van der Waals surface area (Å²) >= 11 is 4.90. The Labute approximate surface area is 214 Å². The van der Waals surface area contributed by atoms with E-state index in [-0.39, 0.29) is 5.41 Å². The molecule has 4 aromatic rings. The number of rotatable bonds is 4. The first kappa shape index (κ1) is 23.9. The number of allylic oxidation sites excluding steroid dienone is 2. The highest BCUT2D eigenvalue weighted by Crippen LogP contribution is 2.40. The molecule has 2 nitrogen and oxygen atoms in total. The fourth-order valence-electron chi connectivity index (χ4n) is 5.22. The molecule has 0 bridgehead atoms. The van der Waals surface area contributed by atoms with Gasteiger partial charge in [0.05, 0.1) is 11.3 Å². The first-order valence-electron chi connectivity index (χ1n) is 12.7. The van der Waals surface area contributed by atoms with Gasteiger partial charge in [-0.1, -0.05) is 65.0 Å². The summed E-state index contributed by atoms with van der Waals surface area (Å²) in [6.07, 6.45) is 4.20. The van der Waals surface area contributed by atoms with Gasteiger partial charge in [0.2, 0.25) is 0 Å². The van der Waals surface area contributed by atoms with E-state index in [1.165, 1.54) is 27.5 Å². The van der Waals surface area contributed by atoms with E-state index in [1.807, 2.05) is 0 Å². The van der Waals surface area contributed by atoms with E-state index in [0.29, 0.717) is 5.92 Å². The lowest BCUT2D eigenvalue weighted by Gasteiger charge is -2.24. The van der Waals surface area contributed by atoms with Crippen LogP contribution < -0.4 is 0 Å². The van der Waals surface area contributed by atoms with Crippen LogP contribution in [-0.2, 0) is 11.8 Å². The lowest BCUT2D eigenvalue weighted by Crippen LogP contribution is -2.16. The maximum Gasteiger partial charge on any atom is 0.135 e. The molecule has 3 aromatic carbocycles. The van der Waals surface area contributed by atoms with Crippen LogP contribution in [0.1, 0.15) is 76.0 Å². The highest BCUT2D eigenvalue weighted by atomic mass is 32.1. The fourth-order valence-corrected chi connectivity index (χ4v) is 5.58.